The quantitative estimate of drug-likeness (QED) is 0.139. The number of hydrogen-bond acceptors (Lipinski definition) is 3. The summed E-state index contributed by atoms with van der Waals surface area (Å²) in [5.41, 5.74) is 0. The average molecular weight is 448 g/mol. The van der Waals surface area contributed by atoms with Gasteiger partial charge in [0.15, 0.2) is 0 Å². The Bertz CT molecular complexity index is 437. The molecule has 1 rings (SSSR count). The molecular formula is C29H53NO2. The fraction of sp³-hybridized carbons (Fsp3) is 0.793. The highest BCUT2D eigenvalue weighted by atomic mass is 16.5. The minimum Gasteiger partial charge on any atom is -0.466 e. The normalized spacial score (nSPS) is 10.4. The van der Waals surface area contributed by atoms with Crippen LogP contribution in [-0.2, 0) is 9.53 Å². The van der Waals surface area contributed by atoms with E-state index in [0.717, 1.165) is 12.8 Å². The minimum atomic E-state index is 0.0104. The Morgan fingerprint density at radius 1 is 0.562 bits per heavy atom. The van der Waals surface area contributed by atoms with Crippen molar-refractivity contribution in [2.45, 2.75) is 142 Å². The van der Waals surface area contributed by atoms with Crippen molar-refractivity contribution in [3.05, 3.63) is 30.6 Å². The van der Waals surface area contributed by atoms with Crippen molar-refractivity contribution in [3.8, 4) is 0 Å². The van der Waals surface area contributed by atoms with Gasteiger partial charge in [-0.3, -0.25) is 9.78 Å². The van der Waals surface area contributed by atoms with Crippen molar-refractivity contribution in [1.82, 2.24) is 4.98 Å². The molecule has 186 valence electrons. The van der Waals surface area contributed by atoms with Gasteiger partial charge in [-0.1, -0.05) is 129 Å². The Labute approximate surface area is 200 Å². The molecule has 0 aliphatic carbocycles. The van der Waals surface area contributed by atoms with Gasteiger partial charge in [0.25, 0.3) is 0 Å². The van der Waals surface area contributed by atoms with Crippen LogP contribution in [0.5, 0.6) is 0 Å². The summed E-state index contributed by atoms with van der Waals surface area (Å²) < 4.78 is 5.32. The minimum absolute atomic E-state index is 0.0104. The highest BCUT2D eigenvalue weighted by Crippen LogP contribution is 2.13. The first-order chi connectivity index (χ1) is 15.8. The molecule has 0 bridgehead atoms. The zero-order valence-corrected chi connectivity index (χ0v) is 21.5. The summed E-state index contributed by atoms with van der Waals surface area (Å²) in [6.45, 7) is 5.12. The highest BCUT2D eigenvalue weighted by molar-refractivity contribution is 5.69. The van der Waals surface area contributed by atoms with E-state index >= 15 is 0 Å². The smallest absolute Gasteiger partial charge is 0.305 e. The number of unbranched alkanes of at least 4 members (excludes halogenated alkanes) is 17. The predicted molar refractivity (Wildman–Crippen MR) is 139 cm³/mol. The fourth-order valence-electron chi connectivity index (χ4n) is 3.74. The van der Waals surface area contributed by atoms with E-state index < -0.39 is 0 Å². The Morgan fingerprint density at radius 3 is 1.34 bits per heavy atom. The molecule has 0 saturated heterocycles. The lowest BCUT2D eigenvalue weighted by Crippen LogP contribution is -2.05. The molecule has 0 fully saturated rings. The lowest BCUT2D eigenvalue weighted by molar-refractivity contribution is -0.143. The number of esters is 1. The van der Waals surface area contributed by atoms with Crippen molar-refractivity contribution in [2.24, 2.45) is 0 Å². The number of nitrogens with zero attached hydrogens (tertiary/aromatic N) is 1. The van der Waals surface area contributed by atoms with E-state index in [0.29, 0.717) is 13.0 Å². The second-order valence-electron chi connectivity index (χ2n) is 9.01. The van der Waals surface area contributed by atoms with Gasteiger partial charge in [-0.05, 0) is 25.0 Å². The zero-order chi connectivity index (χ0) is 23.4. The molecule has 0 spiro atoms. The van der Waals surface area contributed by atoms with Crippen LogP contribution in [-0.4, -0.2) is 17.6 Å². The summed E-state index contributed by atoms with van der Waals surface area (Å²) in [7, 11) is 0. The van der Waals surface area contributed by atoms with Crippen molar-refractivity contribution in [2.75, 3.05) is 6.61 Å². The summed E-state index contributed by atoms with van der Waals surface area (Å²) in [6.07, 6.45) is 29.1. The lowest BCUT2D eigenvalue weighted by Gasteiger charge is -2.05. The number of ether oxygens (including phenoxy) is 1. The summed E-state index contributed by atoms with van der Waals surface area (Å²) >= 11 is 0. The summed E-state index contributed by atoms with van der Waals surface area (Å²) in [5.74, 6) is 0.0104. The molecule has 0 atom stereocenters. The van der Waals surface area contributed by atoms with Gasteiger partial charge in [-0.25, -0.2) is 0 Å². The van der Waals surface area contributed by atoms with E-state index in [1.807, 2.05) is 18.2 Å². The van der Waals surface area contributed by atoms with Crippen molar-refractivity contribution < 1.29 is 9.53 Å². The molecule has 32 heavy (non-hydrogen) atoms. The van der Waals surface area contributed by atoms with Gasteiger partial charge in [0, 0.05) is 18.8 Å². The predicted octanol–water partition coefficient (Wildman–Crippen LogP) is 9.45. The third kappa shape index (κ3) is 26.7. The fourth-order valence-corrected chi connectivity index (χ4v) is 3.74. The van der Waals surface area contributed by atoms with Crippen LogP contribution in [0, 0.1) is 0 Å². The van der Waals surface area contributed by atoms with Gasteiger partial charge in [-0.15, -0.1) is 0 Å². The SMILES string of the molecule is CCCCCCCCCCCCCCCCOC(=O)CCCCCCC.c1ccncc1. The highest BCUT2D eigenvalue weighted by Gasteiger charge is 2.02. The molecule has 1 heterocycles. The maximum Gasteiger partial charge on any atom is 0.305 e. The molecule has 0 saturated carbocycles. The van der Waals surface area contributed by atoms with Crippen LogP contribution in [0.15, 0.2) is 30.6 Å². The van der Waals surface area contributed by atoms with E-state index in [2.05, 4.69) is 18.8 Å². The topological polar surface area (TPSA) is 39.2 Å². The van der Waals surface area contributed by atoms with Crippen molar-refractivity contribution in [3.63, 3.8) is 0 Å². The Kier molecular flexibility index (Phi) is 26.5. The molecule has 0 N–H and O–H groups in total. The Morgan fingerprint density at radius 2 is 0.969 bits per heavy atom. The first-order valence-corrected chi connectivity index (χ1v) is 13.8. The summed E-state index contributed by atoms with van der Waals surface area (Å²) in [5, 5.41) is 0. The van der Waals surface area contributed by atoms with E-state index in [1.165, 1.54) is 109 Å². The third-order valence-electron chi connectivity index (χ3n) is 5.81. The lowest BCUT2D eigenvalue weighted by atomic mass is 10.0. The summed E-state index contributed by atoms with van der Waals surface area (Å²) in [6, 6.07) is 5.72. The van der Waals surface area contributed by atoms with Gasteiger partial charge in [0.05, 0.1) is 6.61 Å². The molecule has 0 aliphatic heterocycles. The van der Waals surface area contributed by atoms with Gasteiger partial charge in [0.2, 0.25) is 0 Å². The van der Waals surface area contributed by atoms with Gasteiger partial charge in [0.1, 0.15) is 0 Å². The van der Waals surface area contributed by atoms with Crippen LogP contribution >= 0.6 is 0 Å². The Hall–Kier alpha value is -1.38. The van der Waals surface area contributed by atoms with Crippen molar-refractivity contribution >= 4 is 5.97 Å². The summed E-state index contributed by atoms with van der Waals surface area (Å²) in [4.78, 5) is 15.4. The molecule has 0 radical (unpaired) electrons. The number of carbonyl (C=O) groups is 1. The first kappa shape index (κ1) is 30.6. The van der Waals surface area contributed by atoms with Crippen LogP contribution in [0.2, 0.25) is 0 Å². The number of carbonyl (C=O) groups excluding carboxylic acids is 1. The molecular weight excluding hydrogens is 394 g/mol. The van der Waals surface area contributed by atoms with Gasteiger partial charge in [-0.2, -0.15) is 0 Å². The maximum atomic E-state index is 11.6. The molecule has 1 aromatic heterocycles. The number of aromatic nitrogens is 1. The average Bonchev–Trinajstić information content (AvgIpc) is 2.83. The van der Waals surface area contributed by atoms with E-state index in [-0.39, 0.29) is 5.97 Å². The molecule has 3 heteroatoms. The van der Waals surface area contributed by atoms with E-state index in [1.54, 1.807) is 12.4 Å². The van der Waals surface area contributed by atoms with Gasteiger partial charge >= 0.3 is 5.97 Å². The number of pyridine rings is 1. The van der Waals surface area contributed by atoms with Crippen LogP contribution in [0.3, 0.4) is 0 Å². The molecule has 0 aromatic carbocycles. The largest absolute Gasteiger partial charge is 0.466 e. The second kappa shape index (κ2) is 27.7. The third-order valence-corrected chi connectivity index (χ3v) is 5.81. The standard InChI is InChI=1S/C24H48O2.C5H5N/c1-3-5-7-9-10-11-12-13-14-15-16-17-19-21-23-26-24(25)22-20-18-8-6-4-2;1-2-4-6-5-3-1/h3-23H2,1-2H3;1-5H. The van der Waals surface area contributed by atoms with Crippen molar-refractivity contribution in [1.29, 1.82) is 0 Å². The van der Waals surface area contributed by atoms with Gasteiger partial charge < -0.3 is 4.74 Å². The molecule has 0 aliphatic rings. The van der Waals surface area contributed by atoms with Crippen LogP contribution in [0.1, 0.15) is 142 Å². The molecule has 3 nitrogen and oxygen atoms in total. The van der Waals surface area contributed by atoms with Crippen LogP contribution in [0.25, 0.3) is 0 Å². The monoisotopic (exact) mass is 447 g/mol. The van der Waals surface area contributed by atoms with Crippen LogP contribution < -0.4 is 0 Å². The van der Waals surface area contributed by atoms with Crippen LogP contribution in [0.4, 0.5) is 0 Å². The molecule has 0 amide bonds. The first-order valence-electron chi connectivity index (χ1n) is 13.8. The maximum absolute atomic E-state index is 11.6. The second-order valence-corrected chi connectivity index (χ2v) is 9.01. The van der Waals surface area contributed by atoms with E-state index in [9.17, 15) is 4.79 Å². The molecule has 0 unspecified atom stereocenters. The van der Waals surface area contributed by atoms with E-state index in [4.69, 9.17) is 4.74 Å². The Balaban J connectivity index is 0.00000136. The number of hydrogen-bond donors (Lipinski definition) is 0. The number of rotatable bonds is 21. The zero-order valence-electron chi connectivity index (χ0n) is 21.5. The molecule has 1 aromatic rings.